The van der Waals surface area contributed by atoms with Crippen LogP contribution in [0.4, 0.5) is 0 Å². The largest absolute Gasteiger partial charge is 0.379 e. The second-order valence-corrected chi connectivity index (χ2v) is 6.48. The molecule has 0 heterocycles. The molecule has 15 heavy (non-hydrogen) atoms. The van der Waals surface area contributed by atoms with Gasteiger partial charge in [0.25, 0.3) is 0 Å². The predicted molar refractivity (Wildman–Crippen MR) is 70.8 cm³/mol. The topological polar surface area (TPSA) is 21.3 Å². The van der Waals surface area contributed by atoms with E-state index in [1.165, 1.54) is 12.2 Å². The average Bonchev–Trinajstić information content (AvgIpc) is 2.18. The Labute approximate surface area is 99.5 Å². The van der Waals surface area contributed by atoms with Crippen molar-refractivity contribution >= 4 is 11.8 Å². The van der Waals surface area contributed by atoms with Crippen LogP contribution in [0, 0.1) is 0 Å². The number of thioether (sulfide) groups is 1. The summed E-state index contributed by atoms with van der Waals surface area (Å²) in [4.78, 5) is 0. The number of rotatable bonds is 8. The fraction of sp³-hybridized carbons (Fsp3) is 1.00. The Morgan fingerprint density at radius 3 is 2.33 bits per heavy atom. The standard InChI is InChI=1S/C12H27NOS/c1-10(2)15-9-11(13-5)7-8-12(3,4)14-6/h10-11,13H,7-9H2,1-6H3. The molecule has 1 N–H and O–H groups in total. The van der Waals surface area contributed by atoms with Gasteiger partial charge in [-0.15, -0.1) is 0 Å². The van der Waals surface area contributed by atoms with Gasteiger partial charge in [-0.2, -0.15) is 11.8 Å². The van der Waals surface area contributed by atoms with Crippen molar-refractivity contribution in [2.75, 3.05) is 19.9 Å². The number of hydrogen-bond acceptors (Lipinski definition) is 3. The van der Waals surface area contributed by atoms with Crippen molar-refractivity contribution in [3.8, 4) is 0 Å². The van der Waals surface area contributed by atoms with Crippen LogP contribution in [0.25, 0.3) is 0 Å². The molecule has 0 saturated heterocycles. The third kappa shape index (κ3) is 8.12. The fourth-order valence-corrected chi connectivity index (χ4v) is 2.19. The molecule has 0 spiro atoms. The summed E-state index contributed by atoms with van der Waals surface area (Å²) in [5.74, 6) is 1.19. The molecule has 2 nitrogen and oxygen atoms in total. The van der Waals surface area contributed by atoms with E-state index in [1.807, 2.05) is 18.8 Å². The molecular formula is C12H27NOS. The highest BCUT2D eigenvalue weighted by atomic mass is 32.2. The van der Waals surface area contributed by atoms with Crippen molar-refractivity contribution in [3.05, 3.63) is 0 Å². The van der Waals surface area contributed by atoms with Crippen LogP contribution in [0.2, 0.25) is 0 Å². The van der Waals surface area contributed by atoms with Crippen LogP contribution >= 0.6 is 11.8 Å². The summed E-state index contributed by atoms with van der Waals surface area (Å²) in [5.41, 5.74) is 0.0115. The summed E-state index contributed by atoms with van der Waals surface area (Å²) >= 11 is 2.02. The van der Waals surface area contributed by atoms with Gasteiger partial charge in [0.2, 0.25) is 0 Å². The van der Waals surface area contributed by atoms with Crippen molar-refractivity contribution in [1.29, 1.82) is 0 Å². The molecule has 0 aromatic rings. The van der Waals surface area contributed by atoms with Gasteiger partial charge < -0.3 is 10.1 Å². The molecule has 0 amide bonds. The Morgan fingerprint density at radius 2 is 1.93 bits per heavy atom. The van der Waals surface area contributed by atoms with Crippen LogP contribution in [-0.4, -0.2) is 36.8 Å². The second kappa shape index (κ2) is 7.53. The minimum Gasteiger partial charge on any atom is -0.379 e. The van der Waals surface area contributed by atoms with Crippen molar-refractivity contribution in [2.45, 2.75) is 57.4 Å². The minimum atomic E-state index is 0.0115. The van der Waals surface area contributed by atoms with E-state index in [4.69, 9.17) is 4.74 Å². The van der Waals surface area contributed by atoms with Gasteiger partial charge in [0.05, 0.1) is 5.60 Å². The SMILES string of the molecule is CNC(CCC(C)(C)OC)CSC(C)C. The molecule has 1 unspecified atom stereocenters. The molecule has 92 valence electrons. The first-order chi connectivity index (χ1) is 6.91. The Morgan fingerprint density at radius 1 is 1.33 bits per heavy atom. The molecule has 0 aromatic carbocycles. The van der Waals surface area contributed by atoms with Crippen molar-refractivity contribution in [3.63, 3.8) is 0 Å². The molecule has 0 aliphatic heterocycles. The average molecular weight is 233 g/mol. The summed E-state index contributed by atoms with van der Waals surface area (Å²) in [6.45, 7) is 8.79. The van der Waals surface area contributed by atoms with Gasteiger partial charge in [-0.05, 0) is 39.0 Å². The van der Waals surface area contributed by atoms with Crippen LogP contribution in [0.3, 0.4) is 0 Å². The first-order valence-electron chi connectivity index (χ1n) is 5.75. The number of ether oxygens (including phenoxy) is 1. The molecule has 0 radical (unpaired) electrons. The van der Waals surface area contributed by atoms with Gasteiger partial charge in [0.1, 0.15) is 0 Å². The third-order valence-electron chi connectivity index (χ3n) is 2.69. The molecule has 3 heteroatoms. The monoisotopic (exact) mass is 233 g/mol. The molecule has 0 aliphatic carbocycles. The lowest BCUT2D eigenvalue weighted by Crippen LogP contribution is -2.32. The van der Waals surface area contributed by atoms with Gasteiger partial charge in [-0.3, -0.25) is 0 Å². The lowest BCUT2D eigenvalue weighted by Gasteiger charge is -2.26. The predicted octanol–water partition coefficient (Wildman–Crippen LogP) is 2.92. The lowest BCUT2D eigenvalue weighted by atomic mass is 9.99. The first-order valence-corrected chi connectivity index (χ1v) is 6.80. The molecule has 0 fully saturated rings. The zero-order valence-electron chi connectivity index (χ0n) is 11.1. The van der Waals surface area contributed by atoms with Crippen molar-refractivity contribution < 1.29 is 4.74 Å². The van der Waals surface area contributed by atoms with Gasteiger partial charge >= 0.3 is 0 Å². The van der Waals surface area contributed by atoms with Crippen LogP contribution in [0.15, 0.2) is 0 Å². The van der Waals surface area contributed by atoms with E-state index >= 15 is 0 Å². The molecule has 0 aliphatic rings. The van der Waals surface area contributed by atoms with E-state index < -0.39 is 0 Å². The molecule has 0 saturated carbocycles. The fourth-order valence-electron chi connectivity index (χ4n) is 1.24. The van der Waals surface area contributed by atoms with Gasteiger partial charge in [-0.1, -0.05) is 13.8 Å². The van der Waals surface area contributed by atoms with E-state index in [-0.39, 0.29) is 5.60 Å². The van der Waals surface area contributed by atoms with Crippen LogP contribution in [0.1, 0.15) is 40.5 Å². The van der Waals surface area contributed by atoms with E-state index in [0.29, 0.717) is 6.04 Å². The first kappa shape index (κ1) is 15.3. The van der Waals surface area contributed by atoms with Crippen LogP contribution in [0.5, 0.6) is 0 Å². The highest BCUT2D eigenvalue weighted by Crippen LogP contribution is 2.19. The summed E-state index contributed by atoms with van der Waals surface area (Å²) < 4.78 is 5.42. The molecule has 0 bridgehead atoms. The smallest absolute Gasteiger partial charge is 0.0623 e. The summed E-state index contributed by atoms with van der Waals surface area (Å²) in [6, 6.07) is 0.604. The number of nitrogens with one attached hydrogen (secondary N) is 1. The maximum atomic E-state index is 5.42. The Bertz CT molecular complexity index is 160. The highest BCUT2D eigenvalue weighted by Gasteiger charge is 2.18. The Balaban J connectivity index is 3.79. The van der Waals surface area contributed by atoms with E-state index in [1.54, 1.807) is 7.11 Å². The normalized spacial score (nSPS) is 14.6. The van der Waals surface area contributed by atoms with Crippen molar-refractivity contribution in [2.24, 2.45) is 0 Å². The zero-order chi connectivity index (χ0) is 11.9. The van der Waals surface area contributed by atoms with Crippen LogP contribution in [-0.2, 0) is 4.74 Å². The molecule has 0 rings (SSSR count). The van der Waals surface area contributed by atoms with Gasteiger partial charge in [0, 0.05) is 18.9 Å². The number of hydrogen-bond donors (Lipinski definition) is 1. The Kier molecular flexibility index (Phi) is 7.66. The summed E-state index contributed by atoms with van der Waals surface area (Å²) in [5, 5.41) is 4.10. The third-order valence-corrected chi connectivity index (χ3v) is 3.95. The Hall–Kier alpha value is 0.270. The van der Waals surface area contributed by atoms with Gasteiger partial charge in [0.15, 0.2) is 0 Å². The highest BCUT2D eigenvalue weighted by molar-refractivity contribution is 7.99. The molecule has 1 atom stereocenters. The van der Waals surface area contributed by atoms with Crippen molar-refractivity contribution in [1.82, 2.24) is 5.32 Å². The zero-order valence-corrected chi connectivity index (χ0v) is 11.9. The number of methoxy groups -OCH3 is 1. The molecular weight excluding hydrogens is 206 g/mol. The van der Waals surface area contributed by atoms with E-state index in [2.05, 4.69) is 33.0 Å². The molecule has 0 aromatic heterocycles. The maximum Gasteiger partial charge on any atom is 0.0623 e. The second-order valence-electron chi connectivity index (χ2n) is 4.87. The van der Waals surface area contributed by atoms with E-state index in [0.717, 1.165) is 11.7 Å². The lowest BCUT2D eigenvalue weighted by molar-refractivity contribution is 0.0123. The summed E-state index contributed by atoms with van der Waals surface area (Å²) in [6.07, 6.45) is 2.28. The van der Waals surface area contributed by atoms with Gasteiger partial charge in [-0.25, -0.2) is 0 Å². The van der Waals surface area contributed by atoms with Crippen LogP contribution < -0.4 is 5.32 Å². The summed E-state index contributed by atoms with van der Waals surface area (Å²) in [7, 11) is 3.84. The van der Waals surface area contributed by atoms with E-state index in [9.17, 15) is 0 Å². The quantitative estimate of drug-likeness (QED) is 0.696. The maximum absolute atomic E-state index is 5.42. The minimum absolute atomic E-state index is 0.0115.